The molecule has 22 heavy (non-hydrogen) atoms. The van der Waals surface area contributed by atoms with Gasteiger partial charge in [0.05, 0.1) is 0 Å². The van der Waals surface area contributed by atoms with E-state index in [-0.39, 0.29) is 5.91 Å². The number of ether oxygens (including phenoxy) is 1. The molecule has 0 unspecified atom stereocenters. The highest BCUT2D eigenvalue weighted by atomic mass is 35.5. The molecule has 1 heterocycles. The van der Waals surface area contributed by atoms with E-state index in [9.17, 15) is 4.79 Å². The first-order valence-corrected chi connectivity index (χ1v) is 7.09. The molecule has 0 radical (unpaired) electrons. The largest absolute Gasteiger partial charge is 0.457 e. The van der Waals surface area contributed by atoms with Gasteiger partial charge in [0.1, 0.15) is 17.3 Å². The number of halogens is 1. The van der Waals surface area contributed by atoms with Crippen molar-refractivity contribution in [2.24, 2.45) is 0 Å². The number of amides is 1. The number of rotatable bonds is 7. The lowest BCUT2D eigenvalue weighted by atomic mass is 10.3. The summed E-state index contributed by atoms with van der Waals surface area (Å²) in [5, 5.41) is 6.38. The summed E-state index contributed by atoms with van der Waals surface area (Å²) in [6.07, 6.45) is 2.88. The second-order valence-electron chi connectivity index (χ2n) is 4.36. The van der Waals surface area contributed by atoms with Crippen LogP contribution in [0.1, 0.15) is 0 Å². The predicted molar refractivity (Wildman–Crippen MR) is 87.5 cm³/mol. The van der Waals surface area contributed by atoms with Crippen LogP contribution in [0.5, 0.6) is 11.5 Å². The summed E-state index contributed by atoms with van der Waals surface area (Å²) >= 11 is 5.92. The zero-order valence-corrected chi connectivity index (χ0v) is 12.6. The molecular weight excluding hydrogens is 302 g/mol. The van der Waals surface area contributed by atoms with Crippen LogP contribution in [0.25, 0.3) is 0 Å². The Hall–Kier alpha value is -2.53. The van der Waals surface area contributed by atoms with Gasteiger partial charge in [0.2, 0.25) is 5.91 Å². The van der Waals surface area contributed by atoms with Gasteiger partial charge in [-0.1, -0.05) is 24.2 Å². The lowest BCUT2D eigenvalue weighted by Gasteiger charge is -2.09. The average molecular weight is 318 g/mol. The molecule has 0 aliphatic rings. The van der Waals surface area contributed by atoms with Gasteiger partial charge >= 0.3 is 0 Å². The molecule has 0 aliphatic heterocycles. The third-order valence-corrected chi connectivity index (χ3v) is 2.91. The van der Waals surface area contributed by atoms with Gasteiger partial charge in [-0.2, -0.15) is 0 Å². The van der Waals surface area contributed by atoms with Gasteiger partial charge in [-0.25, -0.2) is 4.98 Å². The van der Waals surface area contributed by atoms with Gasteiger partial charge in [-0.3, -0.25) is 4.79 Å². The second kappa shape index (κ2) is 8.05. The molecule has 0 bridgehead atoms. The highest BCUT2D eigenvalue weighted by Crippen LogP contribution is 2.25. The fourth-order valence-corrected chi connectivity index (χ4v) is 1.87. The van der Waals surface area contributed by atoms with Crippen molar-refractivity contribution < 1.29 is 9.53 Å². The van der Waals surface area contributed by atoms with E-state index in [0.29, 0.717) is 35.4 Å². The molecule has 0 aliphatic carbocycles. The summed E-state index contributed by atoms with van der Waals surface area (Å²) in [5.41, 5.74) is 0. The Morgan fingerprint density at radius 1 is 1.27 bits per heavy atom. The minimum Gasteiger partial charge on any atom is -0.457 e. The van der Waals surface area contributed by atoms with Crippen molar-refractivity contribution in [1.29, 1.82) is 0 Å². The van der Waals surface area contributed by atoms with Crippen molar-refractivity contribution in [3.8, 4) is 11.5 Å². The minimum atomic E-state index is -0.201. The monoisotopic (exact) mass is 317 g/mol. The summed E-state index contributed by atoms with van der Waals surface area (Å²) in [6.45, 7) is 4.41. The molecular formula is C16H16ClN3O2. The van der Waals surface area contributed by atoms with Crippen molar-refractivity contribution >= 4 is 23.3 Å². The van der Waals surface area contributed by atoms with E-state index in [4.69, 9.17) is 16.3 Å². The molecule has 0 atom stereocenters. The highest BCUT2D eigenvalue weighted by molar-refractivity contribution is 6.30. The first-order chi connectivity index (χ1) is 10.7. The van der Waals surface area contributed by atoms with Crippen LogP contribution in [0.4, 0.5) is 5.82 Å². The van der Waals surface area contributed by atoms with Crippen molar-refractivity contribution in [1.82, 2.24) is 10.3 Å². The summed E-state index contributed by atoms with van der Waals surface area (Å²) in [4.78, 5) is 15.2. The molecule has 1 amide bonds. The summed E-state index contributed by atoms with van der Waals surface area (Å²) in [7, 11) is 0. The van der Waals surface area contributed by atoms with E-state index in [1.54, 1.807) is 30.5 Å². The van der Waals surface area contributed by atoms with Gasteiger partial charge in [-0.15, -0.1) is 0 Å². The van der Waals surface area contributed by atoms with Gasteiger partial charge < -0.3 is 15.4 Å². The van der Waals surface area contributed by atoms with Crippen LogP contribution < -0.4 is 15.4 Å². The molecule has 114 valence electrons. The van der Waals surface area contributed by atoms with E-state index < -0.39 is 0 Å². The van der Waals surface area contributed by atoms with Crippen molar-refractivity contribution in [2.75, 3.05) is 18.4 Å². The fourth-order valence-electron chi connectivity index (χ4n) is 1.69. The first kappa shape index (κ1) is 15.9. The number of hydrogen-bond acceptors (Lipinski definition) is 4. The van der Waals surface area contributed by atoms with Crippen molar-refractivity contribution in [3.63, 3.8) is 0 Å². The van der Waals surface area contributed by atoms with Crippen molar-refractivity contribution in [3.05, 3.63) is 60.3 Å². The van der Waals surface area contributed by atoms with E-state index in [1.165, 1.54) is 6.08 Å². The Morgan fingerprint density at radius 3 is 2.86 bits per heavy atom. The third-order valence-electron chi connectivity index (χ3n) is 2.68. The Balaban J connectivity index is 1.89. The van der Waals surface area contributed by atoms with Gasteiger partial charge in [0.25, 0.3) is 0 Å². The maximum Gasteiger partial charge on any atom is 0.243 e. The molecule has 1 aromatic carbocycles. The van der Waals surface area contributed by atoms with Gasteiger partial charge in [0, 0.05) is 30.4 Å². The van der Waals surface area contributed by atoms with Crippen LogP contribution in [-0.4, -0.2) is 24.0 Å². The van der Waals surface area contributed by atoms with Crippen LogP contribution in [0.2, 0.25) is 5.02 Å². The third kappa shape index (κ3) is 5.10. The quantitative estimate of drug-likeness (QED) is 0.608. The smallest absolute Gasteiger partial charge is 0.243 e. The summed E-state index contributed by atoms with van der Waals surface area (Å²) in [5.74, 6) is 1.76. The van der Waals surface area contributed by atoms with E-state index >= 15 is 0 Å². The molecule has 2 aromatic rings. The SMILES string of the molecule is C=CC(=O)NCCNc1cc(Oc2cccc(Cl)c2)ccn1. The normalized spacial score (nSPS) is 9.86. The molecule has 0 saturated carbocycles. The van der Waals surface area contributed by atoms with E-state index in [1.807, 2.05) is 12.1 Å². The zero-order chi connectivity index (χ0) is 15.8. The van der Waals surface area contributed by atoms with Crippen LogP contribution in [0.15, 0.2) is 55.3 Å². The lowest BCUT2D eigenvalue weighted by molar-refractivity contribution is -0.116. The number of nitrogens with zero attached hydrogens (tertiary/aromatic N) is 1. The van der Waals surface area contributed by atoms with Crippen LogP contribution >= 0.6 is 11.6 Å². The summed E-state index contributed by atoms with van der Waals surface area (Å²) < 4.78 is 5.71. The predicted octanol–water partition coefficient (Wildman–Crippen LogP) is 3.24. The Kier molecular flexibility index (Phi) is 5.80. The minimum absolute atomic E-state index is 0.201. The van der Waals surface area contributed by atoms with E-state index in [0.717, 1.165) is 0 Å². The Labute approximate surface area is 134 Å². The maximum atomic E-state index is 11.0. The molecule has 1 aromatic heterocycles. The number of benzene rings is 1. The van der Waals surface area contributed by atoms with Crippen LogP contribution in [0, 0.1) is 0 Å². The molecule has 2 rings (SSSR count). The lowest BCUT2D eigenvalue weighted by Crippen LogP contribution is -2.27. The Morgan fingerprint density at radius 2 is 2.09 bits per heavy atom. The number of aromatic nitrogens is 1. The number of pyridine rings is 1. The first-order valence-electron chi connectivity index (χ1n) is 6.71. The topological polar surface area (TPSA) is 63.2 Å². The highest BCUT2D eigenvalue weighted by Gasteiger charge is 2.01. The zero-order valence-electron chi connectivity index (χ0n) is 11.9. The molecule has 0 spiro atoms. The number of hydrogen-bond donors (Lipinski definition) is 2. The fraction of sp³-hybridized carbons (Fsp3) is 0.125. The number of carbonyl (C=O) groups is 1. The van der Waals surface area contributed by atoms with Gasteiger partial charge in [0.15, 0.2) is 0 Å². The number of nitrogens with one attached hydrogen (secondary N) is 2. The molecule has 0 fully saturated rings. The Bertz CT molecular complexity index is 661. The van der Waals surface area contributed by atoms with Crippen molar-refractivity contribution in [2.45, 2.75) is 0 Å². The molecule has 0 saturated heterocycles. The average Bonchev–Trinajstić information content (AvgIpc) is 2.52. The summed E-state index contributed by atoms with van der Waals surface area (Å²) in [6, 6.07) is 10.7. The standard InChI is InChI=1S/C16H16ClN3O2/c1-2-16(21)20-9-8-19-15-11-14(6-7-18-15)22-13-5-3-4-12(17)10-13/h2-7,10-11H,1,8-9H2,(H,18,19)(H,20,21). The molecule has 2 N–H and O–H groups in total. The van der Waals surface area contributed by atoms with Crippen LogP contribution in [0.3, 0.4) is 0 Å². The number of anilines is 1. The molecule has 6 heteroatoms. The van der Waals surface area contributed by atoms with Crippen LogP contribution in [-0.2, 0) is 4.79 Å². The number of carbonyl (C=O) groups excluding carboxylic acids is 1. The maximum absolute atomic E-state index is 11.0. The van der Waals surface area contributed by atoms with E-state index in [2.05, 4.69) is 22.2 Å². The molecule has 5 nitrogen and oxygen atoms in total. The van der Waals surface area contributed by atoms with Gasteiger partial charge in [-0.05, 0) is 30.3 Å². The second-order valence-corrected chi connectivity index (χ2v) is 4.79.